The van der Waals surface area contributed by atoms with Crippen molar-refractivity contribution in [2.75, 3.05) is 24.7 Å². The first-order chi connectivity index (χ1) is 15.5. The molecule has 9 nitrogen and oxygen atoms in total. The van der Waals surface area contributed by atoms with Crippen LogP contribution in [-0.2, 0) is 10.0 Å². The maximum Gasteiger partial charge on any atom is 0.223 e. The van der Waals surface area contributed by atoms with Gasteiger partial charge in [0.15, 0.2) is 0 Å². The summed E-state index contributed by atoms with van der Waals surface area (Å²) in [5, 5.41) is 13.6. The number of nitrogens with one attached hydrogen (secondary N) is 1. The van der Waals surface area contributed by atoms with Gasteiger partial charge in [0, 0.05) is 30.8 Å². The van der Waals surface area contributed by atoms with Crippen molar-refractivity contribution in [3.05, 3.63) is 35.0 Å². The molecule has 3 heterocycles. The van der Waals surface area contributed by atoms with Crippen molar-refractivity contribution in [2.24, 2.45) is 0 Å². The number of rotatable bonds is 5. The monoisotopic (exact) mass is 496 g/mol. The molecule has 0 bridgehead atoms. The number of hydrogen-bond acceptors (Lipinski definition) is 7. The van der Waals surface area contributed by atoms with E-state index < -0.39 is 28.0 Å². The normalized spacial score (nSPS) is 20.0. The van der Waals surface area contributed by atoms with Gasteiger partial charge in [-0.1, -0.05) is 11.6 Å². The number of β-amino-alcohol motifs (C(OH)–C–C–N with tert-alkyl or cyclic N) is 1. The van der Waals surface area contributed by atoms with Gasteiger partial charge in [-0.2, -0.15) is 4.31 Å². The van der Waals surface area contributed by atoms with Crippen LogP contribution in [0.4, 0.5) is 10.3 Å². The Morgan fingerprint density at radius 1 is 1.30 bits per heavy atom. The number of sulfonamides is 1. The first kappa shape index (κ1) is 23.8. The van der Waals surface area contributed by atoms with Crippen LogP contribution in [0.5, 0.6) is 0 Å². The van der Waals surface area contributed by atoms with Gasteiger partial charge in [0.25, 0.3) is 0 Å². The average molecular weight is 497 g/mol. The third kappa shape index (κ3) is 4.68. The van der Waals surface area contributed by atoms with Gasteiger partial charge < -0.3 is 15.0 Å². The largest absolute Gasteiger partial charge is 0.390 e. The number of imidazole rings is 1. The van der Waals surface area contributed by atoms with E-state index in [9.17, 15) is 13.5 Å². The van der Waals surface area contributed by atoms with Crippen LogP contribution < -0.4 is 5.32 Å². The molecule has 0 amide bonds. The minimum absolute atomic E-state index is 0.0270. The highest BCUT2D eigenvalue weighted by atomic mass is 35.5. The number of benzene rings is 1. The summed E-state index contributed by atoms with van der Waals surface area (Å²) in [6.07, 6.45) is 1.90. The summed E-state index contributed by atoms with van der Waals surface area (Å²) in [5.41, 5.74) is 1.75. The number of aryl methyl sites for hydroxylation is 1. The van der Waals surface area contributed by atoms with E-state index in [2.05, 4.69) is 20.3 Å². The topological polar surface area (TPSA) is 113 Å². The number of aromatic nitrogens is 4. The third-order valence-electron chi connectivity index (χ3n) is 5.80. The van der Waals surface area contributed by atoms with E-state index >= 15 is 4.39 Å². The zero-order chi connectivity index (χ0) is 24.1. The molecule has 0 aliphatic carbocycles. The van der Waals surface area contributed by atoms with Gasteiger partial charge in [-0.3, -0.25) is 0 Å². The minimum Gasteiger partial charge on any atom is -0.390 e. The third-order valence-corrected chi connectivity index (χ3v) is 7.34. The highest BCUT2D eigenvalue weighted by molar-refractivity contribution is 7.88. The van der Waals surface area contributed by atoms with E-state index in [1.54, 1.807) is 6.07 Å². The summed E-state index contributed by atoms with van der Waals surface area (Å²) in [6.45, 7) is 6.16. The summed E-state index contributed by atoms with van der Waals surface area (Å²) >= 11 is 6.34. The number of piperidine rings is 1. The Hall–Kier alpha value is -2.34. The molecule has 1 aliphatic rings. The first-order valence-corrected chi connectivity index (χ1v) is 12.8. The quantitative estimate of drug-likeness (QED) is 0.558. The molecule has 0 saturated carbocycles. The molecule has 1 unspecified atom stereocenters. The van der Waals surface area contributed by atoms with E-state index in [1.807, 2.05) is 25.3 Å². The Morgan fingerprint density at radius 3 is 2.67 bits per heavy atom. The average Bonchev–Trinajstić information content (AvgIpc) is 3.04. The fraction of sp³-hybridized carbons (Fsp3) is 0.476. The van der Waals surface area contributed by atoms with Gasteiger partial charge in [-0.25, -0.2) is 27.8 Å². The number of hydrogen-bond donors (Lipinski definition) is 2. The molecular formula is C21H26ClFN6O3S. The molecule has 3 aromatic rings. The lowest BCUT2D eigenvalue weighted by molar-refractivity contribution is 0.0950. The van der Waals surface area contributed by atoms with Crippen LogP contribution in [0.3, 0.4) is 0 Å². The Kier molecular flexibility index (Phi) is 6.34. The molecule has 12 heteroatoms. The predicted octanol–water partition coefficient (Wildman–Crippen LogP) is 2.98. The van der Waals surface area contributed by atoms with Crippen LogP contribution in [0, 0.1) is 12.7 Å². The maximum atomic E-state index is 15.0. The number of aliphatic hydroxyl groups excluding tert-OH is 1. The van der Waals surface area contributed by atoms with Crippen LogP contribution in [0.25, 0.3) is 22.3 Å². The highest BCUT2D eigenvalue weighted by Crippen LogP contribution is 2.33. The second-order valence-electron chi connectivity index (χ2n) is 8.56. The lowest BCUT2D eigenvalue weighted by Gasteiger charge is -2.34. The van der Waals surface area contributed by atoms with Gasteiger partial charge in [-0.05, 0) is 33.3 Å². The predicted molar refractivity (Wildman–Crippen MR) is 125 cm³/mol. The molecule has 1 aromatic carbocycles. The molecule has 33 heavy (non-hydrogen) atoms. The van der Waals surface area contributed by atoms with Gasteiger partial charge in [0.05, 0.1) is 46.3 Å². The Labute approximate surface area is 196 Å². The fourth-order valence-electron chi connectivity index (χ4n) is 4.23. The number of halogens is 2. The van der Waals surface area contributed by atoms with Crippen LogP contribution in [0.15, 0.2) is 18.3 Å². The smallest absolute Gasteiger partial charge is 0.223 e. The fourth-order valence-corrected chi connectivity index (χ4v) is 5.29. The van der Waals surface area contributed by atoms with Crippen LogP contribution in [0.1, 0.15) is 32.1 Å². The summed E-state index contributed by atoms with van der Waals surface area (Å²) in [4.78, 5) is 13.0. The second kappa shape index (κ2) is 8.79. The van der Waals surface area contributed by atoms with E-state index in [0.29, 0.717) is 11.9 Å². The van der Waals surface area contributed by atoms with Crippen molar-refractivity contribution >= 4 is 38.6 Å². The molecule has 1 aliphatic heterocycles. The first-order valence-electron chi connectivity index (χ1n) is 10.6. The number of aliphatic hydroxyl groups is 1. The molecule has 2 aromatic heterocycles. The number of fused-ring (bicyclic) bond motifs is 1. The summed E-state index contributed by atoms with van der Waals surface area (Å²) in [7, 11) is -3.39. The molecule has 1 saturated heterocycles. The van der Waals surface area contributed by atoms with Crippen LogP contribution >= 0.6 is 11.6 Å². The minimum atomic E-state index is -3.39. The zero-order valence-electron chi connectivity index (χ0n) is 18.7. The molecule has 4 rings (SSSR count). The molecule has 0 radical (unpaired) electrons. The molecule has 0 spiro atoms. The Morgan fingerprint density at radius 2 is 2.03 bits per heavy atom. The second-order valence-corrected chi connectivity index (χ2v) is 11.0. The number of anilines is 1. The lowest BCUT2D eigenvalue weighted by Crippen LogP contribution is -2.51. The SMILES string of the molecule is Cc1nc2cc(F)c(-c3nc(N[C@@H]4CCN(S(C)(=O)=O)CC4O)ncc3Cl)cc2n1C(C)C. The summed E-state index contributed by atoms with van der Waals surface area (Å²) in [6, 6.07) is 2.72. The maximum absolute atomic E-state index is 15.0. The molecule has 178 valence electrons. The van der Waals surface area contributed by atoms with Gasteiger partial charge >= 0.3 is 0 Å². The van der Waals surface area contributed by atoms with Gasteiger partial charge in [-0.15, -0.1) is 0 Å². The van der Waals surface area contributed by atoms with Crippen LogP contribution in [-0.4, -0.2) is 68.8 Å². The summed E-state index contributed by atoms with van der Waals surface area (Å²) < 4.78 is 41.8. The van der Waals surface area contributed by atoms with Crippen molar-refractivity contribution in [2.45, 2.75) is 45.4 Å². The van der Waals surface area contributed by atoms with E-state index in [-0.39, 0.29) is 41.4 Å². The van der Waals surface area contributed by atoms with Crippen molar-refractivity contribution in [1.82, 2.24) is 23.8 Å². The van der Waals surface area contributed by atoms with Crippen LogP contribution in [0.2, 0.25) is 5.02 Å². The molecular weight excluding hydrogens is 471 g/mol. The lowest BCUT2D eigenvalue weighted by atomic mass is 10.0. The number of nitrogens with zero attached hydrogens (tertiary/aromatic N) is 5. The highest BCUT2D eigenvalue weighted by Gasteiger charge is 2.32. The summed E-state index contributed by atoms with van der Waals surface area (Å²) in [5.74, 6) is 0.436. The van der Waals surface area contributed by atoms with Crippen molar-refractivity contribution in [3.8, 4) is 11.3 Å². The Balaban J connectivity index is 1.66. The van der Waals surface area contributed by atoms with Crippen molar-refractivity contribution < 1.29 is 17.9 Å². The standard InChI is InChI=1S/C21H26ClFN6O3S/c1-11(2)29-12(3)25-17-8-15(23)13(7-18(17)29)20-14(22)9-24-21(27-20)26-16-5-6-28(10-19(16)30)33(4,31)32/h7-9,11,16,19,30H,5-6,10H2,1-4H3,(H,24,26,27)/t16-,19?/m1/s1. The van der Waals surface area contributed by atoms with E-state index in [0.717, 1.165) is 17.6 Å². The van der Waals surface area contributed by atoms with Gasteiger partial charge in [0.1, 0.15) is 11.6 Å². The molecule has 2 atom stereocenters. The zero-order valence-corrected chi connectivity index (χ0v) is 20.3. The molecule has 2 N–H and O–H groups in total. The van der Waals surface area contributed by atoms with E-state index in [1.165, 1.54) is 16.6 Å². The Bertz CT molecular complexity index is 1310. The van der Waals surface area contributed by atoms with Gasteiger partial charge in [0.2, 0.25) is 16.0 Å². The van der Waals surface area contributed by atoms with E-state index in [4.69, 9.17) is 11.6 Å². The van der Waals surface area contributed by atoms with Crippen molar-refractivity contribution in [3.63, 3.8) is 0 Å². The molecule has 1 fully saturated rings. The van der Waals surface area contributed by atoms with Crippen molar-refractivity contribution in [1.29, 1.82) is 0 Å².